The van der Waals surface area contributed by atoms with E-state index in [1.165, 1.54) is 0 Å². The number of hydrogen-bond donors (Lipinski definition) is 4. The second-order valence-electron chi connectivity index (χ2n) is 4.62. The number of benzene rings is 1. The lowest BCUT2D eigenvalue weighted by Crippen LogP contribution is -2.37. The highest BCUT2D eigenvalue weighted by Crippen LogP contribution is 2.17. The van der Waals surface area contributed by atoms with E-state index < -0.39 is 0 Å². The van der Waals surface area contributed by atoms with Crippen molar-refractivity contribution in [3.63, 3.8) is 0 Å². The lowest BCUT2D eigenvalue weighted by atomic mass is 10.1. The molecule has 5 N–H and O–H groups in total. The summed E-state index contributed by atoms with van der Waals surface area (Å²) in [6.45, 7) is 4.48. The summed E-state index contributed by atoms with van der Waals surface area (Å²) in [4.78, 5) is 11.4. The average molecular weight is 299 g/mol. The molecule has 7 heteroatoms. The molecule has 0 spiro atoms. The standard InChI is InChI=1S/C13H19ClN4O2/c1-8(2)17-12(19)7-16-6-10-4-3-9(5-11(10)14)13(15)18-20/h3-5,8,16,20H,6-7H2,1-2H3,(H2,15,18)(H,17,19). The van der Waals surface area contributed by atoms with Crippen LogP contribution in [0.15, 0.2) is 23.4 Å². The molecular weight excluding hydrogens is 280 g/mol. The van der Waals surface area contributed by atoms with Crippen molar-refractivity contribution in [2.75, 3.05) is 6.54 Å². The second kappa shape index (κ2) is 7.72. The Hall–Kier alpha value is -1.79. The molecule has 1 aromatic rings. The molecule has 20 heavy (non-hydrogen) atoms. The molecule has 110 valence electrons. The normalized spacial score (nSPS) is 11.7. The number of hydrogen-bond acceptors (Lipinski definition) is 4. The number of halogens is 1. The lowest BCUT2D eigenvalue weighted by Gasteiger charge is -2.10. The van der Waals surface area contributed by atoms with Crippen LogP contribution in [-0.4, -0.2) is 29.5 Å². The van der Waals surface area contributed by atoms with Crippen LogP contribution in [0.3, 0.4) is 0 Å². The minimum Gasteiger partial charge on any atom is -0.409 e. The SMILES string of the molecule is CC(C)NC(=O)CNCc1ccc(/C(N)=N/O)cc1Cl. The van der Waals surface area contributed by atoms with Crippen LogP contribution in [-0.2, 0) is 11.3 Å². The van der Waals surface area contributed by atoms with E-state index in [4.69, 9.17) is 22.5 Å². The second-order valence-corrected chi connectivity index (χ2v) is 5.02. The van der Waals surface area contributed by atoms with Gasteiger partial charge in [-0.15, -0.1) is 0 Å². The quantitative estimate of drug-likeness (QED) is 0.273. The third-order valence-corrected chi connectivity index (χ3v) is 2.86. The van der Waals surface area contributed by atoms with Gasteiger partial charge in [0.05, 0.1) is 6.54 Å². The first-order valence-corrected chi connectivity index (χ1v) is 6.58. The zero-order chi connectivity index (χ0) is 15.1. The smallest absolute Gasteiger partial charge is 0.234 e. The van der Waals surface area contributed by atoms with Crippen LogP contribution in [0.4, 0.5) is 0 Å². The van der Waals surface area contributed by atoms with E-state index in [1.54, 1.807) is 18.2 Å². The molecule has 0 aromatic heterocycles. The van der Waals surface area contributed by atoms with E-state index in [9.17, 15) is 4.79 Å². The summed E-state index contributed by atoms with van der Waals surface area (Å²) in [5, 5.41) is 17.8. The fourth-order valence-corrected chi connectivity index (χ4v) is 1.84. The number of carbonyl (C=O) groups is 1. The van der Waals surface area contributed by atoms with Gasteiger partial charge in [0.1, 0.15) is 0 Å². The molecule has 0 aliphatic rings. The molecule has 0 aliphatic carbocycles. The largest absolute Gasteiger partial charge is 0.409 e. The van der Waals surface area contributed by atoms with Crippen LogP contribution >= 0.6 is 11.6 Å². The highest BCUT2D eigenvalue weighted by Gasteiger charge is 2.06. The van der Waals surface area contributed by atoms with Crippen molar-refractivity contribution in [3.05, 3.63) is 34.3 Å². The number of rotatable bonds is 6. The van der Waals surface area contributed by atoms with Gasteiger partial charge in [-0.2, -0.15) is 0 Å². The maximum atomic E-state index is 11.4. The monoisotopic (exact) mass is 298 g/mol. The van der Waals surface area contributed by atoms with E-state index >= 15 is 0 Å². The maximum Gasteiger partial charge on any atom is 0.234 e. The Bertz CT molecular complexity index is 503. The van der Waals surface area contributed by atoms with Crippen molar-refractivity contribution in [2.45, 2.75) is 26.4 Å². The van der Waals surface area contributed by atoms with Crippen LogP contribution in [0.25, 0.3) is 0 Å². The fourth-order valence-electron chi connectivity index (χ4n) is 1.59. The topological polar surface area (TPSA) is 99.7 Å². The van der Waals surface area contributed by atoms with Crippen LogP contribution in [0.1, 0.15) is 25.0 Å². The average Bonchev–Trinajstić information content (AvgIpc) is 2.38. The Balaban J connectivity index is 2.55. The molecule has 0 bridgehead atoms. The highest BCUT2D eigenvalue weighted by molar-refractivity contribution is 6.31. The molecular formula is C13H19ClN4O2. The Morgan fingerprint density at radius 2 is 2.20 bits per heavy atom. The van der Waals surface area contributed by atoms with Crippen LogP contribution < -0.4 is 16.4 Å². The molecule has 0 heterocycles. The van der Waals surface area contributed by atoms with Gasteiger partial charge in [-0.1, -0.05) is 28.9 Å². The van der Waals surface area contributed by atoms with E-state index in [0.29, 0.717) is 17.1 Å². The van der Waals surface area contributed by atoms with Gasteiger partial charge < -0.3 is 21.6 Å². The van der Waals surface area contributed by atoms with Gasteiger partial charge in [0.2, 0.25) is 5.91 Å². The van der Waals surface area contributed by atoms with Crippen molar-refractivity contribution in [1.29, 1.82) is 0 Å². The number of amides is 1. The molecule has 0 saturated heterocycles. The number of carbonyl (C=O) groups excluding carboxylic acids is 1. The van der Waals surface area contributed by atoms with Gasteiger partial charge in [0, 0.05) is 23.2 Å². The molecule has 1 amide bonds. The molecule has 0 unspecified atom stereocenters. The lowest BCUT2D eigenvalue weighted by molar-refractivity contribution is -0.120. The highest BCUT2D eigenvalue weighted by atomic mass is 35.5. The summed E-state index contributed by atoms with van der Waals surface area (Å²) in [5.41, 5.74) is 6.84. The Labute approximate surface area is 123 Å². The van der Waals surface area contributed by atoms with Crippen molar-refractivity contribution in [2.24, 2.45) is 10.9 Å². The van der Waals surface area contributed by atoms with Crippen molar-refractivity contribution in [1.82, 2.24) is 10.6 Å². The van der Waals surface area contributed by atoms with Crippen molar-refractivity contribution >= 4 is 23.3 Å². The first-order valence-electron chi connectivity index (χ1n) is 6.20. The summed E-state index contributed by atoms with van der Waals surface area (Å²) in [7, 11) is 0. The predicted octanol–water partition coefficient (Wildman–Crippen LogP) is 1.05. The van der Waals surface area contributed by atoms with Gasteiger partial charge in [0.25, 0.3) is 0 Å². The van der Waals surface area contributed by atoms with Crippen LogP contribution in [0.5, 0.6) is 0 Å². The minimum absolute atomic E-state index is 0.00252. The molecule has 6 nitrogen and oxygen atoms in total. The molecule has 0 radical (unpaired) electrons. The molecule has 0 atom stereocenters. The summed E-state index contributed by atoms with van der Waals surface area (Å²) < 4.78 is 0. The van der Waals surface area contributed by atoms with Gasteiger partial charge in [0.15, 0.2) is 5.84 Å². The molecule has 1 aromatic carbocycles. The third-order valence-electron chi connectivity index (χ3n) is 2.51. The summed E-state index contributed by atoms with van der Waals surface area (Å²) in [5.74, 6) is -0.0629. The summed E-state index contributed by atoms with van der Waals surface area (Å²) >= 11 is 6.10. The molecule has 1 rings (SSSR count). The predicted molar refractivity (Wildman–Crippen MR) is 78.9 cm³/mol. The van der Waals surface area contributed by atoms with Crippen LogP contribution in [0.2, 0.25) is 5.02 Å². The number of nitrogens with zero attached hydrogens (tertiary/aromatic N) is 1. The van der Waals surface area contributed by atoms with Gasteiger partial charge in [-0.05, 0) is 25.5 Å². The van der Waals surface area contributed by atoms with E-state index in [1.807, 2.05) is 13.8 Å². The summed E-state index contributed by atoms with van der Waals surface area (Å²) in [6.07, 6.45) is 0. The van der Waals surface area contributed by atoms with Gasteiger partial charge in [-0.25, -0.2) is 0 Å². The number of oxime groups is 1. The van der Waals surface area contributed by atoms with E-state index in [2.05, 4.69) is 15.8 Å². The number of nitrogens with one attached hydrogen (secondary N) is 2. The molecule has 0 aliphatic heterocycles. The number of amidine groups is 1. The zero-order valence-corrected chi connectivity index (χ0v) is 12.2. The van der Waals surface area contributed by atoms with Crippen molar-refractivity contribution < 1.29 is 10.0 Å². The Morgan fingerprint density at radius 1 is 1.50 bits per heavy atom. The minimum atomic E-state index is -0.0654. The first-order chi connectivity index (χ1) is 9.43. The number of nitrogens with two attached hydrogens (primary N) is 1. The van der Waals surface area contributed by atoms with E-state index in [-0.39, 0.29) is 24.3 Å². The van der Waals surface area contributed by atoms with Crippen LogP contribution in [0, 0.1) is 0 Å². The maximum absolute atomic E-state index is 11.4. The Kier molecular flexibility index (Phi) is 6.27. The molecule has 0 fully saturated rings. The fraction of sp³-hybridized carbons (Fsp3) is 0.385. The van der Waals surface area contributed by atoms with Crippen molar-refractivity contribution in [3.8, 4) is 0 Å². The summed E-state index contributed by atoms with van der Waals surface area (Å²) in [6, 6.07) is 5.20. The zero-order valence-electron chi connectivity index (χ0n) is 11.5. The van der Waals surface area contributed by atoms with Gasteiger partial charge >= 0.3 is 0 Å². The third kappa shape index (κ3) is 5.07. The Morgan fingerprint density at radius 3 is 2.75 bits per heavy atom. The van der Waals surface area contributed by atoms with E-state index in [0.717, 1.165) is 5.56 Å². The molecule has 0 saturated carbocycles. The first kappa shape index (κ1) is 16.3. The van der Waals surface area contributed by atoms with Gasteiger partial charge in [-0.3, -0.25) is 4.79 Å².